The molecule has 3 rings (SSSR count). The van der Waals surface area contributed by atoms with E-state index in [2.05, 4.69) is 16.0 Å². The van der Waals surface area contributed by atoms with Crippen LogP contribution in [0, 0.1) is 11.3 Å². The van der Waals surface area contributed by atoms with Crippen LogP contribution in [0.4, 0.5) is 5.69 Å². The Kier molecular flexibility index (Phi) is 4.99. The maximum Gasteiger partial charge on any atom is 0.142 e. The zero-order chi connectivity index (χ0) is 19.0. The number of likely N-dealkylation sites (N-methyl/N-ethyl adjacent to an activating group) is 1. The van der Waals surface area contributed by atoms with Crippen molar-refractivity contribution in [3.05, 3.63) is 45.2 Å². The van der Waals surface area contributed by atoms with Crippen molar-refractivity contribution in [3.63, 3.8) is 0 Å². The van der Waals surface area contributed by atoms with Crippen LogP contribution in [-0.4, -0.2) is 32.3 Å². The highest BCUT2D eigenvalue weighted by Crippen LogP contribution is 2.47. The van der Waals surface area contributed by atoms with Gasteiger partial charge in [0.25, 0.3) is 0 Å². The Morgan fingerprint density at radius 1 is 1.15 bits per heavy atom. The summed E-state index contributed by atoms with van der Waals surface area (Å²) < 4.78 is 10.8. The van der Waals surface area contributed by atoms with E-state index < -0.39 is 0 Å². The number of rotatable bonds is 3. The Bertz CT molecular complexity index is 923. The number of nitrogens with zero attached hydrogens (tertiary/aromatic N) is 3. The summed E-state index contributed by atoms with van der Waals surface area (Å²) in [6, 6.07) is 5.47. The number of anilines is 1. The lowest BCUT2D eigenvalue weighted by Crippen LogP contribution is -2.33. The van der Waals surface area contributed by atoms with Crippen molar-refractivity contribution >= 4 is 40.5 Å². The third-order valence-corrected chi connectivity index (χ3v) is 5.36. The van der Waals surface area contributed by atoms with E-state index in [0.717, 1.165) is 16.8 Å². The summed E-state index contributed by atoms with van der Waals surface area (Å²) in [4.78, 5) is 6.22. The van der Waals surface area contributed by atoms with Gasteiger partial charge in [0.2, 0.25) is 0 Å². The smallest absolute Gasteiger partial charge is 0.142 e. The van der Waals surface area contributed by atoms with Crippen molar-refractivity contribution in [2.24, 2.45) is 0 Å². The molecule has 1 unspecified atom stereocenters. The molecule has 134 valence electrons. The van der Waals surface area contributed by atoms with E-state index >= 15 is 0 Å². The van der Waals surface area contributed by atoms with Gasteiger partial charge in [-0.15, -0.1) is 0 Å². The zero-order valence-corrected chi connectivity index (χ0v) is 16.3. The molecule has 1 aliphatic rings. The molecule has 7 heteroatoms. The minimum absolute atomic E-state index is 0.0387. The average molecular weight is 390 g/mol. The molecule has 0 spiro atoms. The molecule has 0 amide bonds. The zero-order valence-electron chi connectivity index (χ0n) is 14.8. The second-order valence-corrected chi connectivity index (χ2v) is 6.67. The van der Waals surface area contributed by atoms with Crippen molar-refractivity contribution in [1.29, 1.82) is 5.26 Å². The summed E-state index contributed by atoms with van der Waals surface area (Å²) in [6.07, 6.45) is 3.66. The number of fused-ring (bicyclic) bond motifs is 1. The summed E-state index contributed by atoms with van der Waals surface area (Å²) >= 11 is 13.2. The molecular weight excluding hydrogens is 373 g/mol. The van der Waals surface area contributed by atoms with Gasteiger partial charge >= 0.3 is 0 Å². The van der Waals surface area contributed by atoms with Gasteiger partial charge in [0.15, 0.2) is 0 Å². The van der Waals surface area contributed by atoms with Crippen molar-refractivity contribution < 1.29 is 9.47 Å². The maximum atomic E-state index is 9.10. The van der Waals surface area contributed by atoms with Crippen molar-refractivity contribution in [2.45, 2.75) is 13.0 Å². The number of halogens is 2. The van der Waals surface area contributed by atoms with Gasteiger partial charge in [-0.1, -0.05) is 23.2 Å². The average Bonchev–Trinajstić information content (AvgIpc) is 2.65. The van der Waals surface area contributed by atoms with Gasteiger partial charge < -0.3 is 14.4 Å². The Balaban J connectivity index is 2.27. The fourth-order valence-electron chi connectivity index (χ4n) is 3.06. The first-order valence-electron chi connectivity index (χ1n) is 7.87. The fraction of sp³-hybridized carbons (Fsp3) is 0.263. The van der Waals surface area contributed by atoms with Crippen LogP contribution in [0.3, 0.4) is 0 Å². The number of ether oxygens (including phenoxy) is 2. The normalized spacial score (nSPS) is 15.8. The van der Waals surface area contributed by atoms with Crippen LogP contribution < -0.4 is 14.4 Å². The molecule has 0 aliphatic carbocycles. The van der Waals surface area contributed by atoms with Crippen molar-refractivity contribution in [1.82, 2.24) is 4.98 Å². The number of aromatic nitrogens is 1. The molecule has 0 N–H and O–H groups in total. The highest BCUT2D eigenvalue weighted by atomic mass is 35.5. The highest BCUT2D eigenvalue weighted by Gasteiger charge is 2.29. The molecule has 1 atom stereocenters. The monoisotopic (exact) mass is 389 g/mol. The highest BCUT2D eigenvalue weighted by molar-refractivity contribution is 6.40. The molecule has 26 heavy (non-hydrogen) atoms. The van der Waals surface area contributed by atoms with E-state index in [1.807, 2.05) is 20.0 Å². The van der Waals surface area contributed by atoms with Crippen LogP contribution >= 0.6 is 23.2 Å². The molecule has 0 radical (unpaired) electrons. The summed E-state index contributed by atoms with van der Waals surface area (Å²) in [5.74, 6) is 0.977. The first-order chi connectivity index (χ1) is 12.4. The first-order valence-corrected chi connectivity index (χ1v) is 8.63. The number of methoxy groups -OCH3 is 2. The van der Waals surface area contributed by atoms with Gasteiger partial charge in [-0.25, -0.2) is 4.98 Å². The van der Waals surface area contributed by atoms with Crippen molar-refractivity contribution in [3.8, 4) is 17.6 Å². The van der Waals surface area contributed by atoms with E-state index in [0.29, 0.717) is 32.8 Å². The lowest BCUT2D eigenvalue weighted by Gasteiger charge is -2.35. The second-order valence-electron chi connectivity index (χ2n) is 5.91. The van der Waals surface area contributed by atoms with Crippen LogP contribution in [-0.2, 0) is 0 Å². The summed E-state index contributed by atoms with van der Waals surface area (Å²) in [6.45, 7) is 2.04. The first kappa shape index (κ1) is 18.4. The third-order valence-electron chi connectivity index (χ3n) is 4.61. The van der Waals surface area contributed by atoms with Gasteiger partial charge in [-0.2, -0.15) is 5.26 Å². The summed E-state index contributed by atoms with van der Waals surface area (Å²) in [5.41, 5.74) is 3.76. The molecule has 0 saturated carbocycles. The molecule has 5 nitrogen and oxygen atoms in total. The number of nitriles is 1. The van der Waals surface area contributed by atoms with Gasteiger partial charge in [-0.3, -0.25) is 0 Å². The SMILES string of the molecule is COc1cc(OC)c(Cl)c(C2=Cc3cnc(C#N)cc3N(C)C2C)c1Cl. The van der Waals surface area contributed by atoms with Gasteiger partial charge in [0.05, 0.1) is 30.3 Å². The Morgan fingerprint density at radius 2 is 1.77 bits per heavy atom. The molecular formula is C19H17Cl2N3O2. The van der Waals surface area contributed by atoms with Gasteiger partial charge in [-0.05, 0) is 24.6 Å². The minimum atomic E-state index is -0.0387. The largest absolute Gasteiger partial charge is 0.495 e. The number of pyridine rings is 1. The molecule has 1 aliphatic heterocycles. The molecule has 2 aromatic rings. The van der Waals surface area contributed by atoms with E-state index in [9.17, 15) is 0 Å². The van der Waals surface area contributed by atoms with Crippen LogP contribution in [0.5, 0.6) is 11.5 Å². The second kappa shape index (κ2) is 7.06. The van der Waals surface area contributed by atoms with Crippen molar-refractivity contribution in [2.75, 3.05) is 26.2 Å². The quantitative estimate of drug-likeness (QED) is 0.763. The standard InChI is InChI=1S/C19H17Cl2N3O2/c1-10-13(5-11-9-23-12(8-22)6-14(11)24(10)2)17-18(20)15(25-3)7-16(26-4)19(17)21/h5-7,9-10H,1-4H3. The predicted molar refractivity (Wildman–Crippen MR) is 104 cm³/mol. The number of hydrogen-bond donors (Lipinski definition) is 0. The number of hydrogen-bond acceptors (Lipinski definition) is 5. The van der Waals surface area contributed by atoms with E-state index in [4.69, 9.17) is 37.9 Å². The van der Waals surface area contributed by atoms with Crippen LogP contribution in [0.15, 0.2) is 18.3 Å². The van der Waals surface area contributed by atoms with Crippen LogP contribution in [0.25, 0.3) is 11.6 Å². The molecule has 0 saturated heterocycles. The van der Waals surface area contributed by atoms with Gasteiger partial charge in [0, 0.05) is 36.1 Å². The molecule has 0 bridgehead atoms. The summed E-state index contributed by atoms with van der Waals surface area (Å²) in [7, 11) is 5.05. The summed E-state index contributed by atoms with van der Waals surface area (Å²) in [5, 5.41) is 9.95. The fourth-order valence-corrected chi connectivity index (χ4v) is 3.78. The van der Waals surface area contributed by atoms with Crippen LogP contribution in [0.1, 0.15) is 23.7 Å². The molecule has 0 fully saturated rings. The Morgan fingerprint density at radius 3 is 2.31 bits per heavy atom. The van der Waals surface area contributed by atoms with E-state index in [1.54, 1.807) is 32.5 Å². The lowest BCUT2D eigenvalue weighted by molar-refractivity contribution is 0.394. The molecule has 1 aromatic carbocycles. The third kappa shape index (κ3) is 2.86. The lowest BCUT2D eigenvalue weighted by atomic mass is 9.91. The minimum Gasteiger partial charge on any atom is -0.495 e. The van der Waals surface area contributed by atoms with E-state index in [1.165, 1.54) is 0 Å². The number of benzene rings is 1. The molecule has 2 heterocycles. The van der Waals surface area contributed by atoms with Crippen LogP contribution in [0.2, 0.25) is 10.0 Å². The topological polar surface area (TPSA) is 58.4 Å². The maximum absolute atomic E-state index is 9.10. The van der Waals surface area contributed by atoms with E-state index in [-0.39, 0.29) is 6.04 Å². The molecule has 1 aromatic heterocycles. The predicted octanol–water partition coefficient (Wildman–Crippen LogP) is 4.66. The van der Waals surface area contributed by atoms with Gasteiger partial charge in [0.1, 0.15) is 23.3 Å². The Labute approximate surface area is 162 Å². The Hall–Kier alpha value is -2.42.